The summed E-state index contributed by atoms with van der Waals surface area (Å²) in [6, 6.07) is 3.84. The van der Waals surface area contributed by atoms with E-state index < -0.39 is 23.6 Å². The van der Waals surface area contributed by atoms with Crippen LogP contribution in [0.3, 0.4) is 0 Å². The minimum Gasteiger partial charge on any atom is -0.466 e. The summed E-state index contributed by atoms with van der Waals surface area (Å²) in [5.41, 5.74) is -0.660. The molecule has 0 aliphatic rings. The highest BCUT2D eigenvalue weighted by molar-refractivity contribution is 5.94. The average Bonchev–Trinajstić information content (AvgIpc) is 2.46. The van der Waals surface area contributed by atoms with Crippen molar-refractivity contribution in [3.63, 3.8) is 0 Å². The lowest BCUT2D eigenvalue weighted by molar-refractivity contribution is -0.143. The van der Waals surface area contributed by atoms with Crippen LogP contribution < -0.4 is 0 Å². The van der Waals surface area contributed by atoms with E-state index in [2.05, 4.69) is 0 Å². The Kier molecular flexibility index (Phi) is 6.60. The Morgan fingerprint density at radius 1 is 1.17 bits per heavy atom. The zero-order valence-electron chi connectivity index (χ0n) is 13.3. The number of carbonyl (C=O) groups is 2. The van der Waals surface area contributed by atoms with Crippen molar-refractivity contribution in [1.82, 2.24) is 4.90 Å². The average molecular weight is 331 g/mol. The molecule has 0 heterocycles. The smallest absolute Gasteiger partial charge is 0.416 e. The fourth-order valence-electron chi connectivity index (χ4n) is 2.01. The zero-order chi connectivity index (χ0) is 17.6. The fourth-order valence-corrected chi connectivity index (χ4v) is 2.01. The number of ether oxygens (including phenoxy) is 1. The molecule has 0 N–H and O–H groups in total. The normalized spacial score (nSPS) is 11.4. The number of benzene rings is 1. The second-order valence-corrected chi connectivity index (χ2v) is 5.22. The first-order chi connectivity index (χ1) is 10.7. The Balaban J connectivity index is 2.83. The summed E-state index contributed by atoms with van der Waals surface area (Å²) in [5, 5.41) is 0. The largest absolute Gasteiger partial charge is 0.466 e. The third-order valence-electron chi connectivity index (χ3n) is 3.21. The van der Waals surface area contributed by atoms with E-state index in [1.165, 1.54) is 4.90 Å². The molecule has 0 atom stereocenters. The summed E-state index contributed by atoms with van der Waals surface area (Å²) in [6.07, 6.45) is -4.40. The lowest BCUT2D eigenvalue weighted by Crippen LogP contribution is -2.38. The summed E-state index contributed by atoms with van der Waals surface area (Å²) >= 11 is 0. The van der Waals surface area contributed by atoms with Crippen LogP contribution in [0.25, 0.3) is 0 Å². The molecule has 1 amide bonds. The van der Waals surface area contributed by atoms with Gasteiger partial charge in [0.15, 0.2) is 0 Å². The van der Waals surface area contributed by atoms with E-state index in [0.29, 0.717) is 0 Å². The monoisotopic (exact) mass is 331 g/mol. The second kappa shape index (κ2) is 7.99. The molecule has 23 heavy (non-hydrogen) atoms. The molecule has 0 unspecified atom stereocenters. The lowest BCUT2D eigenvalue weighted by atomic mass is 10.1. The lowest BCUT2D eigenvalue weighted by Gasteiger charge is -2.26. The number of nitrogens with zero attached hydrogens (tertiary/aromatic N) is 1. The predicted octanol–water partition coefficient (Wildman–Crippen LogP) is 3.51. The molecule has 4 nitrogen and oxygen atoms in total. The van der Waals surface area contributed by atoms with Crippen LogP contribution in [-0.4, -0.2) is 36.0 Å². The minimum atomic E-state index is -4.44. The van der Waals surface area contributed by atoms with Crippen LogP contribution >= 0.6 is 0 Å². The van der Waals surface area contributed by atoms with Crippen LogP contribution in [0.2, 0.25) is 0 Å². The van der Waals surface area contributed by atoms with Crippen LogP contribution in [0.1, 0.15) is 43.1 Å². The first-order valence-electron chi connectivity index (χ1n) is 7.30. The highest BCUT2D eigenvalue weighted by atomic mass is 19.4. The molecular formula is C16H20F3NO3. The molecule has 0 aliphatic heterocycles. The Bertz CT molecular complexity index is 538. The molecule has 7 heteroatoms. The van der Waals surface area contributed by atoms with E-state index in [1.807, 2.05) is 0 Å². The molecule has 0 aliphatic carbocycles. The first kappa shape index (κ1) is 19.0. The number of halogens is 3. The van der Waals surface area contributed by atoms with Crippen molar-refractivity contribution in [3.05, 3.63) is 35.4 Å². The summed E-state index contributed by atoms with van der Waals surface area (Å²) in [5.74, 6) is -0.837. The topological polar surface area (TPSA) is 46.6 Å². The van der Waals surface area contributed by atoms with Crippen molar-refractivity contribution in [1.29, 1.82) is 0 Å². The number of rotatable bonds is 6. The molecule has 1 rings (SSSR count). The van der Waals surface area contributed by atoms with E-state index in [-0.39, 0.29) is 31.2 Å². The molecule has 0 fully saturated rings. The van der Waals surface area contributed by atoms with Crippen LogP contribution in [0.15, 0.2) is 24.3 Å². The van der Waals surface area contributed by atoms with Gasteiger partial charge < -0.3 is 9.64 Å². The maximum atomic E-state index is 12.5. The predicted molar refractivity (Wildman–Crippen MR) is 78.9 cm³/mol. The van der Waals surface area contributed by atoms with Gasteiger partial charge in [0.1, 0.15) is 0 Å². The molecule has 0 bridgehead atoms. The Labute approximate surface area is 133 Å². The van der Waals surface area contributed by atoms with Gasteiger partial charge in [-0.1, -0.05) is 0 Å². The number of esters is 1. The zero-order valence-corrected chi connectivity index (χ0v) is 13.3. The molecule has 0 spiro atoms. The van der Waals surface area contributed by atoms with Gasteiger partial charge in [-0.15, -0.1) is 0 Å². The Morgan fingerprint density at radius 3 is 2.17 bits per heavy atom. The maximum Gasteiger partial charge on any atom is 0.416 e. The molecule has 128 valence electrons. The van der Waals surface area contributed by atoms with Gasteiger partial charge in [0.2, 0.25) is 0 Å². The number of alkyl halides is 3. The van der Waals surface area contributed by atoms with E-state index in [9.17, 15) is 22.8 Å². The van der Waals surface area contributed by atoms with Gasteiger partial charge in [0.05, 0.1) is 18.6 Å². The molecular weight excluding hydrogens is 311 g/mol. The van der Waals surface area contributed by atoms with Crippen LogP contribution in [0.4, 0.5) is 13.2 Å². The van der Waals surface area contributed by atoms with Crippen molar-refractivity contribution >= 4 is 11.9 Å². The molecule has 1 aromatic rings. The van der Waals surface area contributed by atoms with Gasteiger partial charge in [0, 0.05) is 18.2 Å². The van der Waals surface area contributed by atoms with Gasteiger partial charge in [-0.2, -0.15) is 13.2 Å². The molecule has 0 saturated carbocycles. The third-order valence-corrected chi connectivity index (χ3v) is 3.21. The highest BCUT2D eigenvalue weighted by Crippen LogP contribution is 2.29. The maximum absolute atomic E-state index is 12.5. The quantitative estimate of drug-likeness (QED) is 0.750. The molecule has 0 aromatic heterocycles. The number of hydrogen-bond donors (Lipinski definition) is 0. The summed E-state index contributed by atoms with van der Waals surface area (Å²) in [4.78, 5) is 25.2. The van der Waals surface area contributed by atoms with Crippen molar-refractivity contribution in [3.8, 4) is 0 Å². The second-order valence-electron chi connectivity index (χ2n) is 5.22. The van der Waals surface area contributed by atoms with Gasteiger partial charge in [-0.3, -0.25) is 9.59 Å². The van der Waals surface area contributed by atoms with Crippen molar-refractivity contribution < 1.29 is 27.5 Å². The SMILES string of the molecule is CCOC(=O)CCN(C(=O)c1ccc(C(F)(F)F)cc1)C(C)C. The number of amides is 1. The highest BCUT2D eigenvalue weighted by Gasteiger charge is 2.30. The first-order valence-corrected chi connectivity index (χ1v) is 7.30. The minimum absolute atomic E-state index is 0.0401. The number of carbonyl (C=O) groups excluding carboxylic acids is 2. The van der Waals surface area contributed by atoms with Crippen molar-refractivity contribution in [2.24, 2.45) is 0 Å². The fraction of sp³-hybridized carbons (Fsp3) is 0.500. The van der Waals surface area contributed by atoms with E-state index in [1.54, 1.807) is 20.8 Å². The van der Waals surface area contributed by atoms with Gasteiger partial charge in [-0.05, 0) is 45.0 Å². The summed E-state index contributed by atoms with van der Waals surface area (Å²) < 4.78 is 42.4. The van der Waals surface area contributed by atoms with Gasteiger partial charge in [-0.25, -0.2) is 0 Å². The van der Waals surface area contributed by atoms with E-state index in [4.69, 9.17) is 4.74 Å². The standard InChI is InChI=1S/C16H20F3NO3/c1-4-23-14(21)9-10-20(11(2)3)15(22)12-5-7-13(8-6-12)16(17,18)19/h5-8,11H,4,9-10H2,1-3H3. The molecule has 0 radical (unpaired) electrons. The summed E-state index contributed by atoms with van der Waals surface area (Å²) in [7, 11) is 0. The van der Waals surface area contributed by atoms with Crippen LogP contribution in [0.5, 0.6) is 0 Å². The van der Waals surface area contributed by atoms with Crippen molar-refractivity contribution in [2.75, 3.05) is 13.2 Å². The van der Waals surface area contributed by atoms with Crippen LogP contribution in [0, 0.1) is 0 Å². The van der Waals surface area contributed by atoms with E-state index in [0.717, 1.165) is 24.3 Å². The van der Waals surface area contributed by atoms with E-state index >= 15 is 0 Å². The Hall–Kier alpha value is -2.05. The third kappa shape index (κ3) is 5.58. The summed E-state index contributed by atoms with van der Waals surface area (Å²) in [6.45, 7) is 5.63. The van der Waals surface area contributed by atoms with Gasteiger partial charge in [0.25, 0.3) is 5.91 Å². The number of hydrogen-bond acceptors (Lipinski definition) is 3. The molecule has 0 saturated heterocycles. The van der Waals surface area contributed by atoms with Crippen molar-refractivity contribution in [2.45, 2.75) is 39.4 Å². The molecule has 1 aromatic carbocycles. The Morgan fingerprint density at radius 2 is 1.74 bits per heavy atom. The van der Waals surface area contributed by atoms with Crippen LogP contribution in [-0.2, 0) is 15.7 Å². The van der Waals surface area contributed by atoms with Gasteiger partial charge >= 0.3 is 12.1 Å².